The Kier molecular flexibility index (Phi) is 6.30. The van der Waals surface area contributed by atoms with Crippen LogP contribution >= 0.6 is 0 Å². The van der Waals surface area contributed by atoms with Gasteiger partial charge < -0.3 is 0 Å². The van der Waals surface area contributed by atoms with Gasteiger partial charge in [0.15, 0.2) is 0 Å². The number of aromatic amines is 1. The Bertz CT molecular complexity index is 1000. The normalized spacial score (nSPS) is 21.8. The van der Waals surface area contributed by atoms with E-state index in [-0.39, 0.29) is 11.9 Å². The van der Waals surface area contributed by atoms with Crippen molar-refractivity contribution in [1.29, 1.82) is 0 Å². The first-order valence-electron chi connectivity index (χ1n) is 10.1. The van der Waals surface area contributed by atoms with Gasteiger partial charge in [0.25, 0.3) is 0 Å². The zero-order valence-electron chi connectivity index (χ0n) is 17.3. The number of aromatic nitrogens is 2. The second kappa shape index (κ2) is 8.94. The van der Waals surface area contributed by atoms with Gasteiger partial charge in [-0.2, -0.15) is 0 Å². The van der Waals surface area contributed by atoms with E-state index >= 15 is 0 Å². The van der Waals surface area contributed by atoms with Crippen molar-refractivity contribution >= 4 is 42.2 Å². The van der Waals surface area contributed by atoms with Crippen LogP contribution in [0.2, 0.25) is 4.87 Å². The molecule has 1 saturated carbocycles. The van der Waals surface area contributed by atoms with Crippen LogP contribution in [0, 0.1) is 5.82 Å². The second-order valence-electron chi connectivity index (χ2n) is 7.71. The number of H-pyrrole nitrogens is 1. The SMILES string of the molecule is C=C/C(OC1CCC(c2cc(Nc3cc[c]4c(c3F)C[NH][Sb]4[CH3])n[nH]2)C1)=C(/C)N=C. The molecule has 1 aromatic heterocycles. The molecule has 8 heteroatoms. The zero-order valence-corrected chi connectivity index (χ0v) is 19.9. The van der Waals surface area contributed by atoms with Gasteiger partial charge in [-0.3, -0.25) is 4.99 Å². The van der Waals surface area contributed by atoms with Crippen molar-refractivity contribution in [2.24, 2.45) is 4.99 Å². The molecule has 0 amide bonds. The molecule has 1 aromatic carbocycles. The Labute approximate surface area is 184 Å². The van der Waals surface area contributed by atoms with Crippen LogP contribution in [-0.4, -0.2) is 43.5 Å². The van der Waals surface area contributed by atoms with E-state index in [9.17, 15) is 4.39 Å². The molecule has 2 heterocycles. The van der Waals surface area contributed by atoms with Crippen LogP contribution in [0.4, 0.5) is 15.9 Å². The molecule has 0 saturated heterocycles. The van der Waals surface area contributed by atoms with Crippen LogP contribution in [-0.2, 0) is 11.3 Å². The monoisotopic (exact) mass is 517 g/mol. The van der Waals surface area contributed by atoms with Crippen LogP contribution in [0.1, 0.15) is 43.4 Å². The average molecular weight is 518 g/mol. The molecule has 1 aliphatic heterocycles. The van der Waals surface area contributed by atoms with Gasteiger partial charge in [0, 0.05) is 0 Å². The second-order valence-corrected chi connectivity index (χ2v) is 13.2. The van der Waals surface area contributed by atoms with Crippen molar-refractivity contribution in [2.45, 2.75) is 49.6 Å². The smallest absolute Gasteiger partial charge is 0.0784 e. The van der Waals surface area contributed by atoms with E-state index in [0.29, 0.717) is 29.7 Å². The fourth-order valence-corrected chi connectivity index (χ4v) is 8.22. The third-order valence-electron chi connectivity index (χ3n) is 5.83. The largest absolute Gasteiger partial charge is 0.266 e. The van der Waals surface area contributed by atoms with E-state index < -0.39 is 20.5 Å². The molecule has 3 N–H and O–H groups in total. The maximum absolute atomic E-state index is 14.9. The fourth-order valence-electron chi connectivity index (χ4n) is 4.09. The fraction of sp³-hybridized carbons (Fsp3) is 0.364. The number of aliphatic imine (C=N–C) groups is 1. The minimum atomic E-state index is -1.63. The number of halogens is 1. The van der Waals surface area contributed by atoms with Crippen LogP contribution in [0.25, 0.3) is 0 Å². The molecular formula is C22H27FN5OSb. The molecule has 2 aliphatic rings. The average Bonchev–Trinajstić information content (AvgIpc) is 3.48. The van der Waals surface area contributed by atoms with E-state index in [1.165, 1.54) is 3.51 Å². The molecule has 2 aromatic rings. The minimum absolute atomic E-state index is 0.105. The summed E-state index contributed by atoms with van der Waals surface area (Å²) in [6.07, 6.45) is 4.62. The molecule has 158 valence electrons. The first-order valence-corrected chi connectivity index (χ1v) is 15.2. The predicted molar refractivity (Wildman–Crippen MR) is 120 cm³/mol. The van der Waals surface area contributed by atoms with Gasteiger partial charge in [-0.05, 0) is 19.7 Å². The van der Waals surface area contributed by atoms with Gasteiger partial charge in [-0.25, -0.2) is 0 Å². The van der Waals surface area contributed by atoms with Crippen LogP contribution < -0.4 is 12.3 Å². The Morgan fingerprint density at radius 2 is 2.27 bits per heavy atom. The summed E-state index contributed by atoms with van der Waals surface area (Å²) in [5.41, 5.74) is 3.07. The summed E-state index contributed by atoms with van der Waals surface area (Å²) in [5, 5.41) is 10.6. The van der Waals surface area contributed by atoms with Gasteiger partial charge in [0.1, 0.15) is 5.76 Å². The van der Waals surface area contributed by atoms with Gasteiger partial charge in [0.2, 0.25) is 0 Å². The summed E-state index contributed by atoms with van der Waals surface area (Å²) < 4.78 is 25.6. The molecule has 2 unspecified atom stereocenters. The van der Waals surface area contributed by atoms with E-state index in [1.54, 1.807) is 6.08 Å². The quantitative estimate of drug-likeness (QED) is 0.224. The molecule has 0 bridgehead atoms. The summed E-state index contributed by atoms with van der Waals surface area (Å²) in [7, 11) is 0. The number of hydrogen-bond donors (Lipinski definition) is 3. The van der Waals surface area contributed by atoms with E-state index in [4.69, 9.17) is 4.74 Å². The molecule has 30 heavy (non-hydrogen) atoms. The molecule has 0 radical (unpaired) electrons. The van der Waals surface area contributed by atoms with E-state index in [1.807, 2.05) is 19.1 Å². The number of anilines is 2. The van der Waals surface area contributed by atoms with Crippen LogP contribution in [0.15, 0.2) is 47.3 Å². The number of nitrogens with zero attached hydrogens (tertiary/aromatic N) is 2. The minimum Gasteiger partial charge on any atom is -0.266 e. The molecular weight excluding hydrogens is 491 g/mol. The van der Waals surface area contributed by atoms with Crippen molar-refractivity contribution in [3.63, 3.8) is 0 Å². The Morgan fingerprint density at radius 3 is 3.03 bits per heavy atom. The molecule has 0 spiro atoms. The molecule has 2 atom stereocenters. The third kappa shape index (κ3) is 4.19. The van der Waals surface area contributed by atoms with Crippen molar-refractivity contribution < 1.29 is 9.13 Å². The predicted octanol–water partition coefficient (Wildman–Crippen LogP) is 3.99. The van der Waals surface area contributed by atoms with Crippen molar-refractivity contribution in [2.75, 3.05) is 5.32 Å². The summed E-state index contributed by atoms with van der Waals surface area (Å²) in [6, 6.07) is 5.86. The van der Waals surface area contributed by atoms with Gasteiger partial charge in [0.05, 0.1) is 5.70 Å². The van der Waals surface area contributed by atoms with Crippen LogP contribution in [0.5, 0.6) is 0 Å². The molecule has 1 fully saturated rings. The topological polar surface area (TPSA) is 74.3 Å². The summed E-state index contributed by atoms with van der Waals surface area (Å²) in [6.45, 7) is 9.84. The Morgan fingerprint density at radius 1 is 1.43 bits per heavy atom. The van der Waals surface area contributed by atoms with Gasteiger partial charge >= 0.3 is 142 Å². The maximum atomic E-state index is 14.9. The van der Waals surface area contributed by atoms with Crippen molar-refractivity contribution in [3.8, 4) is 0 Å². The Hall–Kier alpha value is -2.11. The zero-order chi connectivity index (χ0) is 21.3. The summed E-state index contributed by atoms with van der Waals surface area (Å²) >= 11 is -1.63. The van der Waals surface area contributed by atoms with Gasteiger partial charge in [-0.15, -0.1) is 0 Å². The van der Waals surface area contributed by atoms with Crippen molar-refractivity contribution in [1.82, 2.24) is 13.7 Å². The number of allylic oxidation sites excluding steroid dienone is 2. The van der Waals surface area contributed by atoms with E-state index in [2.05, 4.69) is 48.2 Å². The molecule has 4 rings (SSSR count). The number of rotatable bonds is 7. The van der Waals surface area contributed by atoms with Crippen LogP contribution in [0.3, 0.4) is 0 Å². The summed E-state index contributed by atoms with van der Waals surface area (Å²) in [4.78, 5) is 6.16. The first-order chi connectivity index (χ1) is 14.5. The van der Waals surface area contributed by atoms with Crippen molar-refractivity contribution in [3.05, 3.63) is 59.4 Å². The first kappa shape index (κ1) is 21.1. The molecule has 6 nitrogen and oxygen atoms in total. The number of nitrogens with one attached hydrogen (secondary N) is 3. The summed E-state index contributed by atoms with van der Waals surface area (Å²) in [5.74, 6) is 1.47. The number of hydrogen-bond acceptors (Lipinski definition) is 5. The van der Waals surface area contributed by atoms with Gasteiger partial charge in [-0.1, -0.05) is 6.58 Å². The number of benzene rings is 1. The molecule has 1 aliphatic carbocycles. The maximum Gasteiger partial charge on any atom is 0.0784 e. The number of ether oxygens (including phenoxy) is 1. The standard InChI is InChI=1S/C21H24FN5O.CH3.Sb/c1-4-19(13(2)24-3)28-16-9-8-14(10-16)18-11-20(27-26-18)25-17-7-5-6-15(12-23)21(17)22;;/h4-5,7,11,14,16,23H,1,3,8-10,12H2,2H3,(H2,25,26,27);1H3;/q-1;;+1/b19-13+;;. The third-order valence-corrected chi connectivity index (χ3v) is 10.9. The number of fused-ring (bicyclic) bond motifs is 1. The van der Waals surface area contributed by atoms with E-state index in [0.717, 1.165) is 36.2 Å². The Balaban J connectivity index is 1.42.